The number of likely N-dealkylation sites (tertiary alicyclic amines) is 1. The Kier molecular flexibility index (Phi) is 12.8. The van der Waals surface area contributed by atoms with Crippen molar-refractivity contribution in [2.45, 2.75) is 57.6 Å². The highest BCUT2D eigenvalue weighted by Gasteiger charge is 2.19. The predicted octanol–water partition coefficient (Wildman–Crippen LogP) is 3.75. The Morgan fingerprint density at radius 1 is 1.20 bits per heavy atom. The van der Waals surface area contributed by atoms with Gasteiger partial charge < -0.3 is 4.74 Å². The molecule has 1 aliphatic heterocycles. The van der Waals surface area contributed by atoms with Crippen molar-refractivity contribution >= 4 is 30.1 Å². The number of piperidine rings is 1. The first kappa shape index (κ1) is 20.1. The minimum Gasteiger partial charge on any atom is -0.463 e. The number of carbonyl (C=O) groups excluding carboxylic acids is 1. The highest BCUT2D eigenvalue weighted by atomic mass is 35.5. The van der Waals surface area contributed by atoms with Crippen molar-refractivity contribution in [3.05, 3.63) is 0 Å². The standard InChI is InChI=1S/C15H29NO2S.ClH/c1-3-8-14(19-13-4-2)15(17)18-12-11-16-9-6-5-7-10-16;/h14H,3-13H2,1-2H3;1H. The van der Waals surface area contributed by atoms with Crippen LogP contribution < -0.4 is 0 Å². The quantitative estimate of drug-likeness (QED) is 0.604. The van der Waals surface area contributed by atoms with Crippen molar-refractivity contribution < 1.29 is 9.53 Å². The van der Waals surface area contributed by atoms with Gasteiger partial charge in [-0.25, -0.2) is 0 Å². The van der Waals surface area contributed by atoms with Crippen LogP contribution in [0.25, 0.3) is 0 Å². The summed E-state index contributed by atoms with van der Waals surface area (Å²) < 4.78 is 5.46. The van der Waals surface area contributed by atoms with E-state index in [1.54, 1.807) is 11.8 Å². The summed E-state index contributed by atoms with van der Waals surface area (Å²) in [5.74, 6) is 1.05. The van der Waals surface area contributed by atoms with Gasteiger partial charge in [-0.05, 0) is 44.5 Å². The van der Waals surface area contributed by atoms with E-state index >= 15 is 0 Å². The molecule has 0 aromatic rings. The van der Waals surface area contributed by atoms with Gasteiger partial charge in [-0.3, -0.25) is 9.69 Å². The molecule has 1 atom stereocenters. The number of rotatable bonds is 9. The fourth-order valence-electron chi connectivity index (χ4n) is 2.34. The van der Waals surface area contributed by atoms with Gasteiger partial charge >= 0.3 is 5.97 Å². The molecule has 1 heterocycles. The van der Waals surface area contributed by atoms with Crippen molar-refractivity contribution in [3.8, 4) is 0 Å². The Morgan fingerprint density at radius 2 is 1.90 bits per heavy atom. The maximum Gasteiger partial charge on any atom is 0.319 e. The molecular weight excluding hydrogens is 294 g/mol. The minimum absolute atomic E-state index is 0. The van der Waals surface area contributed by atoms with Crippen molar-refractivity contribution in [1.82, 2.24) is 4.90 Å². The molecular formula is C15H30ClNO2S. The molecule has 0 aromatic heterocycles. The molecule has 1 saturated heterocycles. The maximum absolute atomic E-state index is 12.0. The number of hydrogen-bond acceptors (Lipinski definition) is 4. The smallest absolute Gasteiger partial charge is 0.319 e. The molecule has 3 nitrogen and oxygen atoms in total. The minimum atomic E-state index is -0.00249. The highest BCUT2D eigenvalue weighted by Crippen LogP contribution is 2.19. The Hall–Kier alpha value is 0.0700. The molecule has 0 saturated carbocycles. The molecule has 20 heavy (non-hydrogen) atoms. The van der Waals surface area contributed by atoms with Gasteiger partial charge in [-0.1, -0.05) is 26.7 Å². The summed E-state index contributed by atoms with van der Waals surface area (Å²) in [4.78, 5) is 14.4. The molecule has 0 N–H and O–H groups in total. The first-order valence-corrected chi connectivity index (χ1v) is 8.83. The van der Waals surface area contributed by atoms with Gasteiger partial charge in [0.15, 0.2) is 0 Å². The van der Waals surface area contributed by atoms with Gasteiger partial charge in [0.1, 0.15) is 11.9 Å². The van der Waals surface area contributed by atoms with Gasteiger partial charge in [-0.15, -0.1) is 24.2 Å². The van der Waals surface area contributed by atoms with E-state index in [1.165, 1.54) is 32.4 Å². The first-order valence-electron chi connectivity index (χ1n) is 7.78. The number of esters is 1. The second-order valence-electron chi connectivity index (χ2n) is 5.22. The third kappa shape index (κ3) is 8.38. The summed E-state index contributed by atoms with van der Waals surface area (Å²) in [5.41, 5.74) is 0. The van der Waals surface area contributed by atoms with Gasteiger partial charge in [0.25, 0.3) is 0 Å². The molecule has 5 heteroatoms. The van der Waals surface area contributed by atoms with E-state index in [1.807, 2.05) is 0 Å². The predicted molar refractivity (Wildman–Crippen MR) is 89.9 cm³/mol. The van der Waals surface area contributed by atoms with Crippen molar-refractivity contribution in [2.75, 3.05) is 32.0 Å². The van der Waals surface area contributed by atoms with Crippen LogP contribution in [0.4, 0.5) is 0 Å². The number of hydrogen-bond donors (Lipinski definition) is 0. The Labute approximate surface area is 134 Å². The van der Waals surface area contributed by atoms with Gasteiger partial charge in [0, 0.05) is 6.54 Å². The van der Waals surface area contributed by atoms with Crippen LogP contribution >= 0.6 is 24.2 Å². The number of carbonyl (C=O) groups is 1. The molecule has 1 rings (SSSR count). The van der Waals surface area contributed by atoms with E-state index in [0.717, 1.165) is 31.6 Å². The normalized spacial score (nSPS) is 17.3. The summed E-state index contributed by atoms with van der Waals surface area (Å²) in [6, 6.07) is 0. The van der Waals surface area contributed by atoms with E-state index < -0.39 is 0 Å². The molecule has 1 unspecified atom stereocenters. The van der Waals surface area contributed by atoms with Crippen LogP contribution in [0.1, 0.15) is 52.4 Å². The molecule has 120 valence electrons. The molecule has 1 fully saturated rings. The summed E-state index contributed by atoms with van der Waals surface area (Å²) in [7, 11) is 0. The topological polar surface area (TPSA) is 29.5 Å². The average Bonchev–Trinajstić information content (AvgIpc) is 2.44. The summed E-state index contributed by atoms with van der Waals surface area (Å²) in [5, 5.41) is 0.0475. The summed E-state index contributed by atoms with van der Waals surface area (Å²) in [6.45, 7) is 8.08. The SMILES string of the molecule is CCCSC(CCC)C(=O)OCCN1CCCCC1.Cl. The zero-order chi connectivity index (χ0) is 13.9. The van der Waals surface area contributed by atoms with E-state index in [4.69, 9.17) is 4.74 Å². The van der Waals surface area contributed by atoms with Gasteiger partial charge in [-0.2, -0.15) is 0 Å². The fraction of sp³-hybridized carbons (Fsp3) is 0.933. The third-order valence-electron chi connectivity index (χ3n) is 3.44. The van der Waals surface area contributed by atoms with Crippen LogP contribution in [-0.4, -0.2) is 48.1 Å². The first-order chi connectivity index (χ1) is 9.27. The van der Waals surface area contributed by atoms with Gasteiger partial charge in [0.2, 0.25) is 0 Å². The second kappa shape index (κ2) is 12.8. The van der Waals surface area contributed by atoms with Crippen molar-refractivity contribution in [3.63, 3.8) is 0 Å². The third-order valence-corrected chi connectivity index (χ3v) is 4.91. The fourth-order valence-corrected chi connectivity index (χ4v) is 3.47. The van der Waals surface area contributed by atoms with Gasteiger partial charge in [0.05, 0.1) is 0 Å². The second-order valence-corrected chi connectivity index (χ2v) is 6.53. The number of thioether (sulfide) groups is 1. The zero-order valence-electron chi connectivity index (χ0n) is 12.9. The monoisotopic (exact) mass is 323 g/mol. The zero-order valence-corrected chi connectivity index (χ0v) is 14.6. The number of halogens is 1. The van der Waals surface area contributed by atoms with Crippen molar-refractivity contribution in [2.24, 2.45) is 0 Å². The van der Waals surface area contributed by atoms with Crippen LogP contribution in [0.5, 0.6) is 0 Å². The summed E-state index contributed by atoms with van der Waals surface area (Å²) in [6.07, 6.45) is 7.03. The summed E-state index contributed by atoms with van der Waals surface area (Å²) >= 11 is 1.75. The molecule has 0 amide bonds. The van der Waals surface area contributed by atoms with Crippen molar-refractivity contribution in [1.29, 1.82) is 0 Å². The molecule has 0 bridgehead atoms. The Morgan fingerprint density at radius 3 is 2.50 bits per heavy atom. The molecule has 0 radical (unpaired) electrons. The van der Waals surface area contributed by atoms with Crippen LogP contribution in [0.3, 0.4) is 0 Å². The Balaban J connectivity index is 0.00000361. The van der Waals surface area contributed by atoms with E-state index in [2.05, 4.69) is 18.7 Å². The molecule has 1 aliphatic rings. The van der Waals surface area contributed by atoms with Crippen LogP contribution in [0.2, 0.25) is 0 Å². The lowest BCUT2D eigenvalue weighted by Gasteiger charge is -2.26. The Bertz CT molecular complexity index is 248. The maximum atomic E-state index is 12.0. The van der Waals surface area contributed by atoms with Crippen LogP contribution in [-0.2, 0) is 9.53 Å². The lowest BCUT2D eigenvalue weighted by molar-refractivity contribution is -0.143. The number of nitrogens with zero attached hydrogens (tertiary/aromatic N) is 1. The lowest BCUT2D eigenvalue weighted by atomic mass is 10.1. The lowest BCUT2D eigenvalue weighted by Crippen LogP contribution is -2.34. The molecule has 0 aromatic carbocycles. The average molecular weight is 324 g/mol. The highest BCUT2D eigenvalue weighted by molar-refractivity contribution is 8.00. The molecule has 0 aliphatic carbocycles. The van der Waals surface area contributed by atoms with Crippen LogP contribution in [0.15, 0.2) is 0 Å². The largest absolute Gasteiger partial charge is 0.463 e. The van der Waals surface area contributed by atoms with E-state index in [9.17, 15) is 4.79 Å². The number of ether oxygens (including phenoxy) is 1. The molecule has 0 spiro atoms. The van der Waals surface area contributed by atoms with E-state index in [0.29, 0.717) is 6.61 Å². The van der Waals surface area contributed by atoms with Crippen LogP contribution in [0, 0.1) is 0 Å². The van der Waals surface area contributed by atoms with E-state index in [-0.39, 0.29) is 23.6 Å².